The van der Waals surface area contributed by atoms with Crippen LogP contribution >= 0.6 is 0 Å². The third-order valence-electron chi connectivity index (χ3n) is 4.13. The van der Waals surface area contributed by atoms with Crippen LogP contribution in [0.2, 0.25) is 0 Å². The number of anilines is 2. The fourth-order valence-electron chi connectivity index (χ4n) is 2.60. The van der Waals surface area contributed by atoms with Crippen LogP contribution in [-0.4, -0.2) is 17.4 Å². The van der Waals surface area contributed by atoms with Crippen LogP contribution in [-0.2, 0) is 0 Å². The lowest BCUT2D eigenvalue weighted by molar-refractivity contribution is 0.102. The van der Waals surface area contributed by atoms with Crippen LogP contribution in [0, 0.1) is 5.92 Å². The van der Waals surface area contributed by atoms with Crippen LogP contribution in [0.3, 0.4) is 0 Å². The molecule has 2 aromatic carbocycles. The zero-order chi connectivity index (χ0) is 19.8. The number of rotatable bonds is 8. The molecule has 2 N–H and O–H groups in total. The van der Waals surface area contributed by atoms with E-state index < -0.39 is 0 Å². The summed E-state index contributed by atoms with van der Waals surface area (Å²) in [7, 11) is 0. The lowest BCUT2D eigenvalue weighted by atomic mass is 10.1. The number of carbonyl (C=O) groups is 1. The SMILES string of the molecule is CC(C)CCNc1ccnc(C(=O)Nc2ccc(Oc3ccccc3)cc2)c1. The largest absolute Gasteiger partial charge is 0.457 e. The minimum atomic E-state index is -0.246. The Morgan fingerprint density at radius 1 is 0.964 bits per heavy atom. The maximum atomic E-state index is 12.5. The minimum absolute atomic E-state index is 0.246. The van der Waals surface area contributed by atoms with Crippen LogP contribution in [0.5, 0.6) is 11.5 Å². The Morgan fingerprint density at radius 2 is 1.68 bits per heavy atom. The number of aromatic nitrogens is 1. The monoisotopic (exact) mass is 375 g/mol. The minimum Gasteiger partial charge on any atom is -0.457 e. The second-order valence-corrected chi connectivity index (χ2v) is 6.93. The summed E-state index contributed by atoms with van der Waals surface area (Å²) in [5.41, 5.74) is 1.96. The van der Waals surface area contributed by atoms with Gasteiger partial charge in [0.1, 0.15) is 17.2 Å². The first-order valence-electron chi connectivity index (χ1n) is 9.44. The van der Waals surface area contributed by atoms with Gasteiger partial charge < -0.3 is 15.4 Å². The van der Waals surface area contributed by atoms with Crippen molar-refractivity contribution in [2.45, 2.75) is 20.3 Å². The van der Waals surface area contributed by atoms with Gasteiger partial charge in [0.25, 0.3) is 5.91 Å². The molecule has 144 valence electrons. The van der Waals surface area contributed by atoms with Crippen molar-refractivity contribution < 1.29 is 9.53 Å². The van der Waals surface area contributed by atoms with Crippen molar-refractivity contribution in [2.24, 2.45) is 5.92 Å². The van der Waals surface area contributed by atoms with Gasteiger partial charge in [-0.05, 0) is 60.9 Å². The molecule has 0 radical (unpaired) electrons. The number of pyridine rings is 1. The molecule has 3 rings (SSSR count). The van der Waals surface area contributed by atoms with Crippen LogP contribution in [0.4, 0.5) is 11.4 Å². The van der Waals surface area contributed by atoms with Gasteiger partial charge in [-0.1, -0.05) is 32.0 Å². The van der Waals surface area contributed by atoms with Crippen molar-refractivity contribution in [3.63, 3.8) is 0 Å². The number of amides is 1. The molecule has 1 heterocycles. The highest BCUT2D eigenvalue weighted by atomic mass is 16.5. The summed E-state index contributed by atoms with van der Waals surface area (Å²) in [5, 5.41) is 6.20. The maximum absolute atomic E-state index is 12.5. The fraction of sp³-hybridized carbons (Fsp3) is 0.217. The molecule has 0 saturated heterocycles. The van der Waals surface area contributed by atoms with E-state index >= 15 is 0 Å². The van der Waals surface area contributed by atoms with Gasteiger partial charge in [-0.25, -0.2) is 0 Å². The van der Waals surface area contributed by atoms with E-state index in [1.165, 1.54) is 0 Å². The number of carbonyl (C=O) groups excluding carboxylic acids is 1. The van der Waals surface area contributed by atoms with Crippen molar-refractivity contribution >= 4 is 17.3 Å². The molecule has 0 spiro atoms. The summed E-state index contributed by atoms with van der Waals surface area (Å²) < 4.78 is 5.76. The van der Waals surface area contributed by atoms with E-state index in [0.717, 1.165) is 24.4 Å². The van der Waals surface area contributed by atoms with Crippen LogP contribution in [0.1, 0.15) is 30.8 Å². The predicted molar refractivity (Wildman–Crippen MR) is 113 cm³/mol. The van der Waals surface area contributed by atoms with Crippen molar-refractivity contribution in [3.8, 4) is 11.5 Å². The van der Waals surface area contributed by atoms with Gasteiger partial charge in [-0.2, -0.15) is 0 Å². The molecule has 0 unspecified atom stereocenters. The van der Waals surface area contributed by atoms with Gasteiger partial charge in [0.2, 0.25) is 0 Å². The summed E-state index contributed by atoms with van der Waals surface area (Å²) in [6.07, 6.45) is 2.71. The first-order chi connectivity index (χ1) is 13.6. The second-order valence-electron chi connectivity index (χ2n) is 6.93. The maximum Gasteiger partial charge on any atom is 0.274 e. The van der Waals surface area contributed by atoms with Crippen LogP contribution in [0.25, 0.3) is 0 Å². The van der Waals surface area contributed by atoms with E-state index in [2.05, 4.69) is 29.5 Å². The average Bonchev–Trinajstić information content (AvgIpc) is 2.70. The normalized spacial score (nSPS) is 10.5. The van der Waals surface area contributed by atoms with Crippen LogP contribution in [0.15, 0.2) is 72.9 Å². The highest BCUT2D eigenvalue weighted by Gasteiger charge is 2.09. The van der Waals surface area contributed by atoms with E-state index in [9.17, 15) is 4.79 Å². The zero-order valence-corrected chi connectivity index (χ0v) is 16.2. The number of hydrogen-bond donors (Lipinski definition) is 2. The number of nitrogens with one attached hydrogen (secondary N) is 2. The predicted octanol–water partition coefficient (Wildman–Crippen LogP) is 5.58. The van der Waals surface area contributed by atoms with Crippen LogP contribution < -0.4 is 15.4 Å². The smallest absolute Gasteiger partial charge is 0.274 e. The molecule has 1 amide bonds. The number of para-hydroxylation sites is 1. The van der Waals surface area contributed by atoms with Gasteiger partial charge in [-0.3, -0.25) is 9.78 Å². The number of benzene rings is 2. The number of hydrogen-bond acceptors (Lipinski definition) is 4. The molecule has 5 nitrogen and oxygen atoms in total. The van der Waals surface area contributed by atoms with E-state index in [4.69, 9.17) is 4.74 Å². The molecule has 0 saturated carbocycles. The lowest BCUT2D eigenvalue weighted by Gasteiger charge is -2.10. The molecule has 1 aromatic heterocycles. The Balaban J connectivity index is 1.58. The van der Waals surface area contributed by atoms with E-state index in [1.807, 2.05) is 48.5 Å². The topological polar surface area (TPSA) is 63.2 Å². The quantitative estimate of drug-likeness (QED) is 0.539. The van der Waals surface area contributed by atoms with Gasteiger partial charge in [0, 0.05) is 24.1 Å². The summed E-state index contributed by atoms with van der Waals surface area (Å²) in [5.74, 6) is 1.86. The van der Waals surface area contributed by atoms with Gasteiger partial charge in [0.15, 0.2) is 0 Å². The Hall–Kier alpha value is -3.34. The Morgan fingerprint density at radius 3 is 2.39 bits per heavy atom. The molecule has 5 heteroatoms. The van der Waals surface area contributed by atoms with Crippen molar-refractivity contribution in [1.82, 2.24) is 4.98 Å². The van der Waals surface area contributed by atoms with Gasteiger partial charge >= 0.3 is 0 Å². The third-order valence-corrected chi connectivity index (χ3v) is 4.13. The lowest BCUT2D eigenvalue weighted by Crippen LogP contribution is -2.14. The van der Waals surface area contributed by atoms with Crippen molar-refractivity contribution in [3.05, 3.63) is 78.6 Å². The first kappa shape index (κ1) is 19.4. The standard InChI is InChI=1S/C23H25N3O2/c1-17(2)12-14-24-19-13-15-25-22(16-19)23(27)26-18-8-10-21(11-9-18)28-20-6-4-3-5-7-20/h3-11,13,15-17H,12,14H2,1-2H3,(H,24,25)(H,26,27). The molecule has 28 heavy (non-hydrogen) atoms. The van der Waals surface area contributed by atoms with Gasteiger partial charge in [-0.15, -0.1) is 0 Å². The Labute approximate surface area is 165 Å². The molecule has 0 fully saturated rings. The molecule has 0 aliphatic carbocycles. The summed E-state index contributed by atoms with van der Waals surface area (Å²) in [6, 6.07) is 20.4. The number of ether oxygens (including phenoxy) is 1. The van der Waals surface area contributed by atoms with E-state index in [0.29, 0.717) is 23.0 Å². The zero-order valence-electron chi connectivity index (χ0n) is 16.2. The summed E-state index contributed by atoms with van der Waals surface area (Å²) in [6.45, 7) is 5.23. The highest BCUT2D eigenvalue weighted by molar-refractivity contribution is 6.03. The molecule has 0 atom stereocenters. The molecule has 0 bridgehead atoms. The summed E-state index contributed by atoms with van der Waals surface area (Å²) in [4.78, 5) is 16.7. The average molecular weight is 375 g/mol. The second kappa shape index (κ2) is 9.55. The fourth-order valence-corrected chi connectivity index (χ4v) is 2.60. The number of nitrogens with zero attached hydrogens (tertiary/aromatic N) is 1. The molecule has 3 aromatic rings. The molecule has 0 aliphatic rings. The van der Waals surface area contributed by atoms with Gasteiger partial charge in [0.05, 0.1) is 0 Å². The molecular weight excluding hydrogens is 350 g/mol. The van der Waals surface area contributed by atoms with Crippen molar-refractivity contribution in [2.75, 3.05) is 17.2 Å². The summed E-state index contributed by atoms with van der Waals surface area (Å²) >= 11 is 0. The highest BCUT2D eigenvalue weighted by Crippen LogP contribution is 2.23. The van der Waals surface area contributed by atoms with Crippen molar-refractivity contribution in [1.29, 1.82) is 0 Å². The molecule has 0 aliphatic heterocycles. The Kier molecular flexibility index (Phi) is 6.63. The van der Waals surface area contributed by atoms with E-state index in [-0.39, 0.29) is 5.91 Å². The third kappa shape index (κ3) is 5.84. The first-order valence-corrected chi connectivity index (χ1v) is 9.44. The Bertz CT molecular complexity index is 893. The van der Waals surface area contributed by atoms with E-state index in [1.54, 1.807) is 24.4 Å². The molecular formula is C23H25N3O2.